The zero-order valence-electron chi connectivity index (χ0n) is 11.8. The van der Waals surface area contributed by atoms with Crippen molar-refractivity contribution in [3.8, 4) is 0 Å². The molecule has 1 aliphatic heterocycles. The highest BCUT2D eigenvalue weighted by atomic mass is 16.5. The second kappa shape index (κ2) is 6.39. The SMILES string of the molecule is CCOC(=O)CCN1CCC(C(C)(C)C)CC1. The molecule has 100 valence electrons. The van der Waals surface area contributed by atoms with E-state index in [1.807, 2.05) is 6.92 Å². The Hall–Kier alpha value is -0.570. The Morgan fingerprint density at radius 2 is 1.88 bits per heavy atom. The molecule has 0 aromatic heterocycles. The van der Waals surface area contributed by atoms with Crippen LogP contribution >= 0.6 is 0 Å². The summed E-state index contributed by atoms with van der Waals surface area (Å²) in [6.07, 6.45) is 3.05. The van der Waals surface area contributed by atoms with Crippen LogP contribution in [0.1, 0.15) is 47.0 Å². The van der Waals surface area contributed by atoms with E-state index < -0.39 is 0 Å². The van der Waals surface area contributed by atoms with Crippen molar-refractivity contribution < 1.29 is 9.53 Å². The summed E-state index contributed by atoms with van der Waals surface area (Å²) in [6, 6.07) is 0. The number of esters is 1. The molecular weight excluding hydrogens is 214 g/mol. The Morgan fingerprint density at radius 1 is 1.29 bits per heavy atom. The second-order valence-electron chi connectivity index (χ2n) is 6.04. The number of carbonyl (C=O) groups excluding carboxylic acids is 1. The Kier molecular flexibility index (Phi) is 5.44. The summed E-state index contributed by atoms with van der Waals surface area (Å²) in [7, 11) is 0. The summed E-state index contributed by atoms with van der Waals surface area (Å²) in [5.41, 5.74) is 0.424. The van der Waals surface area contributed by atoms with Crippen molar-refractivity contribution in [2.45, 2.75) is 47.0 Å². The number of ether oxygens (including phenoxy) is 1. The molecule has 0 radical (unpaired) electrons. The summed E-state index contributed by atoms with van der Waals surface area (Å²) in [4.78, 5) is 13.6. The molecule has 1 saturated heterocycles. The second-order valence-corrected chi connectivity index (χ2v) is 6.04. The zero-order valence-corrected chi connectivity index (χ0v) is 11.8. The summed E-state index contributed by atoms with van der Waals surface area (Å²) in [6.45, 7) is 12.4. The number of hydrogen-bond donors (Lipinski definition) is 0. The lowest BCUT2D eigenvalue weighted by Crippen LogP contribution is -2.39. The van der Waals surface area contributed by atoms with E-state index in [-0.39, 0.29) is 5.97 Å². The van der Waals surface area contributed by atoms with Crippen LogP contribution in [0.15, 0.2) is 0 Å². The number of carbonyl (C=O) groups is 1. The van der Waals surface area contributed by atoms with Gasteiger partial charge in [-0.1, -0.05) is 20.8 Å². The monoisotopic (exact) mass is 241 g/mol. The fourth-order valence-electron chi connectivity index (χ4n) is 2.51. The van der Waals surface area contributed by atoms with Gasteiger partial charge in [0.1, 0.15) is 0 Å². The maximum atomic E-state index is 11.3. The van der Waals surface area contributed by atoms with Crippen molar-refractivity contribution in [1.82, 2.24) is 4.90 Å². The van der Waals surface area contributed by atoms with Crippen molar-refractivity contribution in [2.75, 3.05) is 26.2 Å². The lowest BCUT2D eigenvalue weighted by atomic mass is 9.75. The number of nitrogens with zero attached hydrogens (tertiary/aromatic N) is 1. The minimum atomic E-state index is -0.0644. The van der Waals surface area contributed by atoms with Crippen LogP contribution in [0.5, 0.6) is 0 Å². The van der Waals surface area contributed by atoms with Crippen LogP contribution in [0.4, 0.5) is 0 Å². The highest BCUT2D eigenvalue weighted by Crippen LogP contribution is 2.34. The molecule has 1 fully saturated rings. The number of likely N-dealkylation sites (tertiary alicyclic amines) is 1. The third-order valence-corrected chi connectivity index (χ3v) is 3.75. The van der Waals surface area contributed by atoms with Gasteiger partial charge in [0.2, 0.25) is 0 Å². The van der Waals surface area contributed by atoms with Crippen molar-refractivity contribution >= 4 is 5.97 Å². The van der Waals surface area contributed by atoms with Crippen LogP contribution < -0.4 is 0 Å². The first kappa shape index (κ1) is 14.5. The fourth-order valence-corrected chi connectivity index (χ4v) is 2.51. The zero-order chi connectivity index (χ0) is 12.9. The van der Waals surface area contributed by atoms with E-state index in [2.05, 4.69) is 25.7 Å². The number of rotatable bonds is 4. The molecule has 0 aromatic carbocycles. The topological polar surface area (TPSA) is 29.5 Å². The van der Waals surface area contributed by atoms with Gasteiger partial charge in [0.25, 0.3) is 0 Å². The normalized spacial score (nSPS) is 19.3. The van der Waals surface area contributed by atoms with Crippen molar-refractivity contribution in [1.29, 1.82) is 0 Å². The quantitative estimate of drug-likeness (QED) is 0.709. The fraction of sp³-hybridized carbons (Fsp3) is 0.929. The standard InChI is InChI=1S/C14H27NO2/c1-5-17-13(16)8-11-15-9-6-12(7-10-15)14(2,3)4/h12H,5-11H2,1-4H3. The minimum absolute atomic E-state index is 0.0644. The molecule has 0 aliphatic carbocycles. The summed E-state index contributed by atoms with van der Waals surface area (Å²) in [5.74, 6) is 0.756. The first-order chi connectivity index (χ1) is 7.93. The van der Waals surface area contributed by atoms with Crippen LogP contribution in [0, 0.1) is 11.3 Å². The van der Waals surface area contributed by atoms with E-state index in [9.17, 15) is 4.79 Å². The van der Waals surface area contributed by atoms with E-state index >= 15 is 0 Å². The molecule has 0 spiro atoms. The molecule has 0 saturated carbocycles. The average molecular weight is 241 g/mol. The predicted octanol–water partition coefficient (Wildman–Crippen LogP) is 2.70. The highest BCUT2D eigenvalue weighted by Gasteiger charge is 2.28. The van der Waals surface area contributed by atoms with E-state index in [1.165, 1.54) is 12.8 Å². The third-order valence-electron chi connectivity index (χ3n) is 3.75. The van der Waals surface area contributed by atoms with Crippen LogP contribution in [-0.4, -0.2) is 37.1 Å². The molecule has 0 N–H and O–H groups in total. The molecule has 0 aromatic rings. The maximum absolute atomic E-state index is 11.3. The lowest BCUT2D eigenvalue weighted by Gasteiger charge is -2.38. The molecule has 1 aliphatic rings. The van der Waals surface area contributed by atoms with Crippen molar-refractivity contribution in [3.05, 3.63) is 0 Å². The Labute approximate surface area is 106 Å². The Morgan fingerprint density at radius 3 is 2.35 bits per heavy atom. The van der Waals surface area contributed by atoms with E-state index in [0.717, 1.165) is 25.6 Å². The van der Waals surface area contributed by atoms with Crippen molar-refractivity contribution in [3.63, 3.8) is 0 Å². The first-order valence-electron chi connectivity index (χ1n) is 6.81. The molecule has 0 bridgehead atoms. The van der Waals surface area contributed by atoms with Gasteiger partial charge in [0, 0.05) is 6.54 Å². The molecule has 0 atom stereocenters. The molecular formula is C14H27NO2. The molecule has 0 unspecified atom stereocenters. The van der Waals surface area contributed by atoms with Gasteiger partial charge < -0.3 is 9.64 Å². The van der Waals surface area contributed by atoms with Gasteiger partial charge in [-0.2, -0.15) is 0 Å². The summed E-state index contributed by atoms with van der Waals surface area (Å²) >= 11 is 0. The van der Waals surface area contributed by atoms with E-state index in [0.29, 0.717) is 18.4 Å². The van der Waals surface area contributed by atoms with Gasteiger partial charge in [0.15, 0.2) is 0 Å². The van der Waals surface area contributed by atoms with Crippen LogP contribution in [0.3, 0.4) is 0 Å². The third kappa shape index (κ3) is 5.07. The van der Waals surface area contributed by atoms with Gasteiger partial charge in [0.05, 0.1) is 13.0 Å². The van der Waals surface area contributed by atoms with Crippen LogP contribution in [0.2, 0.25) is 0 Å². The Bertz CT molecular complexity index is 237. The van der Waals surface area contributed by atoms with E-state index in [1.54, 1.807) is 0 Å². The van der Waals surface area contributed by atoms with Gasteiger partial charge >= 0.3 is 5.97 Å². The highest BCUT2D eigenvalue weighted by molar-refractivity contribution is 5.69. The molecule has 17 heavy (non-hydrogen) atoms. The first-order valence-corrected chi connectivity index (χ1v) is 6.81. The molecule has 3 nitrogen and oxygen atoms in total. The predicted molar refractivity (Wildman–Crippen MR) is 69.9 cm³/mol. The van der Waals surface area contributed by atoms with Gasteiger partial charge in [-0.05, 0) is 44.2 Å². The minimum Gasteiger partial charge on any atom is -0.466 e. The van der Waals surface area contributed by atoms with Gasteiger partial charge in [-0.3, -0.25) is 4.79 Å². The van der Waals surface area contributed by atoms with E-state index in [4.69, 9.17) is 4.74 Å². The molecule has 1 rings (SSSR count). The average Bonchev–Trinajstić information content (AvgIpc) is 2.26. The summed E-state index contributed by atoms with van der Waals surface area (Å²) < 4.78 is 4.94. The number of hydrogen-bond acceptors (Lipinski definition) is 3. The largest absolute Gasteiger partial charge is 0.466 e. The van der Waals surface area contributed by atoms with Crippen LogP contribution in [0.25, 0.3) is 0 Å². The van der Waals surface area contributed by atoms with Gasteiger partial charge in [-0.15, -0.1) is 0 Å². The van der Waals surface area contributed by atoms with Gasteiger partial charge in [-0.25, -0.2) is 0 Å². The van der Waals surface area contributed by atoms with Crippen molar-refractivity contribution in [2.24, 2.45) is 11.3 Å². The molecule has 0 amide bonds. The Balaban J connectivity index is 2.21. The molecule has 3 heteroatoms. The van der Waals surface area contributed by atoms with Crippen LogP contribution in [-0.2, 0) is 9.53 Å². The smallest absolute Gasteiger partial charge is 0.307 e. The maximum Gasteiger partial charge on any atom is 0.307 e. The summed E-state index contributed by atoms with van der Waals surface area (Å²) in [5, 5.41) is 0. The molecule has 1 heterocycles. The lowest BCUT2D eigenvalue weighted by molar-refractivity contribution is -0.143. The number of piperidine rings is 1.